The summed E-state index contributed by atoms with van der Waals surface area (Å²) in [7, 11) is 0. The average Bonchev–Trinajstić information content (AvgIpc) is 2.91. The minimum atomic E-state index is -0.381. The third-order valence-electron chi connectivity index (χ3n) is 3.17. The number of hydrogen-bond acceptors (Lipinski definition) is 4. The van der Waals surface area contributed by atoms with Gasteiger partial charge in [-0.05, 0) is 30.7 Å². The average molecular weight is 327 g/mol. The summed E-state index contributed by atoms with van der Waals surface area (Å²) in [4.78, 5) is 35.9. The number of rotatable bonds is 5. The van der Waals surface area contributed by atoms with Crippen LogP contribution < -0.4 is 21.3 Å². The molecule has 2 rings (SSSR count). The molecule has 3 amide bonds. The molecule has 0 spiro atoms. The second kappa shape index (κ2) is 8.35. The highest BCUT2D eigenvalue weighted by Gasteiger charge is 2.21. The predicted molar refractivity (Wildman–Crippen MR) is 86.0 cm³/mol. The third kappa shape index (κ3) is 4.71. The molecule has 120 valence electrons. The highest BCUT2D eigenvalue weighted by molar-refractivity contribution is 5.97. The molecule has 22 heavy (non-hydrogen) atoms. The Morgan fingerprint density at radius 1 is 1.18 bits per heavy atom. The van der Waals surface area contributed by atoms with Crippen LogP contribution in [0.5, 0.6) is 0 Å². The normalized spacial score (nSPS) is 13.5. The quantitative estimate of drug-likeness (QED) is 0.721. The molecule has 1 aliphatic rings. The molecular weight excluding hydrogens is 308 g/mol. The van der Waals surface area contributed by atoms with Crippen LogP contribution in [0.4, 0.5) is 11.4 Å². The molecule has 0 bridgehead atoms. The second-order valence-corrected chi connectivity index (χ2v) is 4.72. The van der Waals surface area contributed by atoms with Gasteiger partial charge in [-0.3, -0.25) is 14.4 Å². The highest BCUT2D eigenvalue weighted by Crippen LogP contribution is 2.22. The molecule has 4 N–H and O–H groups in total. The number of hydrogen-bond donors (Lipinski definition) is 3. The minimum Gasteiger partial charge on any atom is -0.346 e. The lowest BCUT2D eigenvalue weighted by Gasteiger charge is -2.16. The first-order chi connectivity index (χ1) is 10.1. The predicted octanol–water partition coefficient (Wildman–Crippen LogP) is 0.249. The Morgan fingerprint density at radius 3 is 2.41 bits per heavy atom. The lowest BCUT2D eigenvalue weighted by molar-refractivity contribution is -0.123. The van der Waals surface area contributed by atoms with Gasteiger partial charge in [0.25, 0.3) is 0 Å². The molecule has 8 heteroatoms. The smallest absolute Gasteiger partial charge is 0.243 e. The number of carbonyl (C=O) groups is 3. The first-order valence-electron chi connectivity index (χ1n) is 6.77. The number of nitrogens with one attached hydrogen (secondary N) is 2. The maximum atomic E-state index is 11.6. The van der Waals surface area contributed by atoms with Crippen LogP contribution in [0.25, 0.3) is 0 Å². The second-order valence-electron chi connectivity index (χ2n) is 4.72. The lowest BCUT2D eigenvalue weighted by atomic mass is 10.2. The Bertz CT molecular complexity index is 548. The minimum absolute atomic E-state index is 0. The Hall–Kier alpha value is -2.12. The fourth-order valence-electron chi connectivity index (χ4n) is 2.10. The van der Waals surface area contributed by atoms with E-state index in [0.29, 0.717) is 12.1 Å². The van der Waals surface area contributed by atoms with Crippen molar-refractivity contribution in [3.63, 3.8) is 0 Å². The van der Waals surface area contributed by atoms with Crippen molar-refractivity contribution in [2.75, 3.05) is 29.9 Å². The molecule has 0 aliphatic carbocycles. The van der Waals surface area contributed by atoms with E-state index in [4.69, 9.17) is 5.73 Å². The number of carbonyl (C=O) groups excluding carboxylic acids is 3. The van der Waals surface area contributed by atoms with Gasteiger partial charge in [0, 0.05) is 24.3 Å². The van der Waals surface area contributed by atoms with Crippen LogP contribution in [-0.4, -0.2) is 37.4 Å². The first-order valence-corrected chi connectivity index (χ1v) is 6.77. The van der Waals surface area contributed by atoms with Crippen LogP contribution in [0, 0.1) is 0 Å². The van der Waals surface area contributed by atoms with E-state index in [1.54, 1.807) is 29.2 Å². The largest absolute Gasteiger partial charge is 0.346 e. The first kappa shape index (κ1) is 17.9. The van der Waals surface area contributed by atoms with Crippen molar-refractivity contribution in [3.05, 3.63) is 24.3 Å². The Kier molecular flexibility index (Phi) is 6.81. The van der Waals surface area contributed by atoms with Gasteiger partial charge in [0.1, 0.15) is 0 Å². The Labute approximate surface area is 134 Å². The van der Waals surface area contributed by atoms with Crippen molar-refractivity contribution >= 4 is 41.5 Å². The Balaban J connectivity index is 0.00000242. The van der Waals surface area contributed by atoms with Crippen LogP contribution in [0.15, 0.2) is 24.3 Å². The molecule has 1 aromatic rings. The molecule has 0 unspecified atom stereocenters. The fraction of sp³-hybridized carbons (Fsp3) is 0.357. The number of nitrogens with two attached hydrogens (primary N) is 1. The topological polar surface area (TPSA) is 105 Å². The van der Waals surface area contributed by atoms with Gasteiger partial charge in [-0.25, -0.2) is 0 Å². The summed E-state index contributed by atoms with van der Waals surface area (Å²) in [5, 5.41) is 5.04. The summed E-state index contributed by atoms with van der Waals surface area (Å²) >= 11 is 0. The van der Waals surface area contributed by atoms with E-state index in [2.05, 4.69) is 10.6 Å². The molecule has 1 saturated heterocycles. The van der Waals surface area contributed by atoms with Gasteiger partial charge >= 0.3 is 0 Å². The van der Waals surface area contributed by atoms with Crippen molar-refractivity contribution < 1.29 is 14.4 Å². The van der Waals surface area contributed by atoms with Gasteiger partial charge in [-0.2, -0.15) is 0 Å². The summed E-state index contributed by atoms with van der Waals surface area (Å²) in [6.45, 7) is 0.462. The standard InChI is InChI=1S/C14H18N4O3.ClH/c15-8-12(19)16-9-13(20)17-10-3-5-11(6-4-10)18-7-1-2-14(18)21;/h3-6H,1-2,7-9,15H2,(H,16,19)(H,17,20);1H. The molecule has 1 aromatic carbocycles. The zero-order valence-electron chi connectivity index (χ0n) is 12.0. The highest BCUT2D eigenvalue weighted by atomic mass is 35.5. The summed E-state index contributed by atoms with van der Waals surface area (Å²) in [5.74, 6) is -0.592. The molecule has 0 radical (unpaired) electrons. The van der Waals surface area contributed by atoms with E-state index >= 15 is 0 Å². The maximum absolute atomic E-state index is 11.6. The number of halogens is 1. The molecule has 1 heterocycles. The third-order valence-corrected chi connectivity index (χ3v) is 3.17. The van der Waals surface area contributed by atoms with Gasteiger partial charge in [-0.1, -0.05) is 0 Å². The van der Waals surface area contributed by atoms with E-state index in [9.17, 15) is 14.4 Å². The van der Waals surface area contributed by atoms with Crippen LogP contribution in [-0.2, 0) is 14.4 Å². The van der Waals surface area contributed by atoms with Gasteiger partial charge < -0.3 is 21.3 Å². The molecule has 1 fully saturated rings. The number of nitrogens with zero attached hydrogens (tertiary/aromatic N) is 1. The maximum Gasteiger partial charge on any atom is 0.243 e. The van der Waals surface area contributed by atoms with Crippen molar-refractivity contribution in [1.29, 1.82) is 0 Å². The van der Waals surface area contributed by atoms with Gasteiger partial charge in [-0.15, -0.1) is 12.4 Å². The molecule has 0 aromatic heterocycles. The van der Waals surface area contributed by atoms with Crippen molar-refractivity contribution in [1.82, 2.24) is 5.32 Å². The summed E-state index contributed by atoms with van der Waals surface area (Å²) in [5.41, 5.74) is 6.56. The van der Waals surface area contributed by atoms with Crippen LogP contribution >= 0.6 is 12.4 Å². The van der Waals surface area contributed by atoms with Crippen molar-refractivity contribution in [2.24, 2.45) is 5.73 Å². The zero-order valence-corrected chi connectivity index (χ0v) is 12.8. The summed E-state index contributed by atoms with van der Waals surface area (Å²) in [6, 6.07) is 7.03. The van der Waals surface area contributed by atoms with Crippen molar-refractivity contribution in [2.45, 2.75) is 12.8 Å². The molecular formula is C14H19ClN4O3. The molecule has 7 nitrogen and oxygen atoms in total. The molecule has 1 aliphatic heterocycles. The summed E-state index contributed by atoms with van der Waals surface area (Å²) in [6.07, 6.45) is 1.46. The lowest BCUT2D eigenvalue weighted by Crippen LogP contribution is -2.36. The van der Waals surface area contributed by atoms with Gasteiger partial charge in [0.2, 0.25) is 17.7 Å². The number of benzene rings is 1. The van der Waals surface area contributed by atoms with Crippen LogP contribution in [0.3, 0.4) is 0 Å². The number of amides is 3. The fourth-order valence-corrected chi connectivity index (χ4v) is 2.10. The number of anilines is 2. The van der Waals surface area contributed by atoms with Crippen LogP contribution in [0.1, 0.15) is 12.8 Å². The summed E-state index contributed by atoms with van der Waals surface area (Å²) < 4.78 is 0. The van der Waals surface area contributed by atoms with E-state index in [-0.39, 0.29) is 43.2 Å². The monoisotopic (exact) mass is 326 g/mol. The van der Waals surface area contributed by atoms with Crippen LogP contribution in [0.2, 0.25) is 0 Å². The van der Waals surface area contributed by atoms with Gasteiger partial charge in [0.15, 0.2) is 0 Å². The van der Waals surface area contributed by atoms with Gasteiger partial charge in [0.05, 0.1) is 13.1 Å². The van der Waals surface area contributed by atoms with E-state index in [0.717, 1.165) is 18.7 Å². The SMILES string of the molecule is Cl.NCC(=O)NCC(=O)Nc1ccc(N2CCCC2=O)cc1. The molecule has 0 atom stereocenters. The Morgan fingerprint density at radius 2 is 1.86 bits per heavy atom. The van der Waals surface area contributed by atoms with E-state index in [1.807, 2.05) is 0 Å². The van der Waals surface area contributed by atoms with Crippen molar-refractivity contribution in [3.8, 4) is 0 Å². The van der Waals surface area contributed by atoms with E-state index in [1.165, 1.54) is 0 Å². The zero-order chi connectivity index (χ0) is 15.2. The molecule has 0 saturated carbocycles. The van der Waals surface area contributed by atoms with E-state index < -0.39 is 0 Å².